The largest absolute Gasteiger partial charge is 0.464 e. The maximum atomic E-state index is 12.9. The Bertz CT molecular complexity index is 1340. The first-order chi connectivity index (χ1) is 14.8. The SMILES string of the molecule is O=C(Cc1coc2ccc3ccccc3c12)Nc1ccccc1Sc1ccccc1. The molecule has 0 bridgehead atoms. The standard InChI is InChI=1S/C26H19NO2S/c28-25(27-22-12-6-7-13-24(22)30-20-9-2-1-3-10-20)16-19-17-29-23-15-14-18-8-4-5-11-21(18)26(19)23/h1-15,17H,16H2,(H,27,28). The number of fused-ring (bicyclic) bond motifs is 3. The zero-order valence-electron chi connectivity index (χ0n) is 16.2. The van der Waals surface area contributed by atoms with Gasteiger partial charge in [-0.3, -0.25) is 4.79 Å². The average molecular weight is 410 g/mol. The highest BCUT2D eigenvalue weighted by Crippen LogP contribution is 2.34. The minimum atomic E-state index is -0.0632. The number of nitrogens with one attached hydrogen (secondary N) is 1. The molecule has 0 aliphatic carbocycles. The van der Waals surface area contributed by atoms with Crippen LogP contribution in [0.3, 0.4) is 0 Å². The number of rotatable bonds is 5. The fourth-order valence-corrected chi connectivity index (χ4v) is 4.57. The highest BCUT2D eigenvalue weighted by Gasteiger charge is 2.14. The van der Waals surface area contributed by atoms with Crippen LogP contribution in [0.5, 0.6) is 0 Å². The first kappa shape index (κ1) is 18.5. The van der Waals surface area contributed by atoms with Gasteiger partial charge in [0.1, 0.15) is 5.58 Å². The molecule has 5 rings (SSSR count). The third-order valence-electron chi connectivity index (χ3n) is 5.02. The molecule has 4 heteroatoms. The van der Waals surface area contributed by atoms with Gasteiger partial charge < -0.3 is 9.73 Å². The number of hydrogen-bond donors (Lipinski definition) is 1. The van der Waals surface area contributed by atoms with Gasteiger partial charge in [-0.2, -0.15) is 0 Å². The second-order valence-electron chi connectivity index (χ2n) is 7.06. The smallest absolute Gasteiger partial charge is 0.228 e. The predicted octanol–water partition coefficient (Wildman–Crippen LogP) is 6.92. The molecule has 0 radical (unpaired) electrons. The molecule has 0 atom stereocenters. The summed E-state index contributed by atoms with van der Waals surface area (Å²) < 4.78 is 5.73. The van der Waals surface area contributed by atoms with Gasteiger partial charge in [0, 0.05) is 20.7 Å². The molecular formula is C26H19NO2S. The number of amides is 1. The van der Waals surface area contributed by atoms with E-state index in [1.807, 2.05) is 66.7 Å². The monoisotopic (exact) mass is 409 g/mol. The lowest BCUT2D eigenvalue weighted by Gasteiger charge is -2.11. The summed E-state index contributed by atoms with van der Waals surface area (Å²) in [6.07, 6.45) is 1.95. The van der Waals surface area contributed by atoms with Crippen molar-refractivity contribution in [2.24, 2.45) is 0 Å². The lowest BCUT2D eigenvalue weighted by Crippen LogP contribution is -2.14. The lowest BCUT2D eigenvalue weighted by atomic mass is 10.0. The number of para-hydroxylation sites is 1. The highest BCUT2D eigenvalue weighted by atomic mass is 32.2. The van der Waals surface area contributed by atoms with E-state index in [1.165, 1.54) is 0 Å². The zero-order chi connectivity index (χ0) is 20.3. The Morgan fingerprint density at radius 1 is 0.833 bits per heavy atom. The van der Waals surface area contributed by atoms with Crippen molar-refractivity contribution in [2.75, 3.05) is 5.32 Å². The minimum Gasteiger partial charge on any atom is -0.464 e. The molecule has 0 fully saturated rings. The maximum Gasteiger partial charge on any atom is 0.228 e. The summed E-state index contributed by atoms with van der Waals surface area (Å²) >= 11 is 1.64. The van der Waals surface area contributed by atoms with Crippen molar-refractivity contribution in [2.45, 2.75) is 16.2 Å². The molecule has 0 saturated carbocycles. The third kappa shape index (κ3) is 3.70. The van der Waals surface area contributed by atoms with Crippen LogP contribution in [0.2, 0.25) is 0 Å². The topological polar surface area (TPSA) is 42.2 Å². The van der Waals surface area contributed by atoms with Crippen LogP contribution in [0.15, 0.2) is 111 Å². The number of carbonyl (C=O) groups is 1. The molecule has 1 amide bonds. The molecule has 1 aromatic heterocycles. The van der Waals surface area contributed by atoms with E-state index in [-0.39, 0.29) is 12.3 Å². The van der Waals surface area contributed by atoms with Gasteiger partial charge in [0.05, 0.1) is 18.4 Å². The van der Waals surface area contributed by atoms with E-state index in [0.717, 1.165) is 42.8 Å². The van der Waals surface area contributed by atoms with Crippen molar-refractivity contribution in [3.05, 3.63) is 103 Å². The number of anilines is 1. The summed E-state index contributed by atoms with van der Waals surface area (Å²) in [5.41, 5.74) is 2.51. The Morgan fingerprint density at radius 3 is 2.50 bits per heavy atom. The zero-order valence-corrected chi connectivity index (χ0v) is 17.0. The minimum absolute atomic E-state index is 0.0632. The van der Waals surface area contributed by atoms with Crippen molar-refractivity contribution >= 4 is 45.1 Å². The average Bonchev–Trinajstić information content (AvgIpc) is 3.19. The number of furan rings is 1. The van der Waals surface area contributed by atoms with Crippen molar-refractivity contribution in [1.29, 1.82) is 0 Å². The molecule has 4 aromatic carbocycles. The molecule has 30 heavy (non-hydrogen) atoms. The van der Waals surface area contributed by atoms with E-state index in [4.69, 9.17) is 4.42 Å². The molecule has 1 N–H and O–H groups in total. The molecule has 0 aliphatic heterocycles. The van der Waals surface area contributed by atoms with Crippen molar-refractivity contribution in [3.63, 3.8) is 0 Å². The summed E-state index contributed by atoms with van der Waals surface area (Å²) in [4.78, 5) is 15.0. The summed E-state index contributed by atoms with van der Waals surface area (Å²) in [6.45, 7) is 0. The molecule has 146 valence electrons. The number of carbonyl (C=O) groups excluding carboxylic acids is 1. The molecule has 1 heterocycles. The van der Waals surface area contributed by atoms with Gasteiger partial charge in [-0.25, -0.2) is 0 Å². The van der Waals surface area contributed by atoms with Crippen LogP contribution in [0.4, 0.5) is 5.69 Å². The predicted molar refractivity (Wildman–Crippen MR) is 123 cm³/mol. The normalized spacial score (nSPS) is 11.1. The van der Waals surface area contributed by atoms with Crippen molar-refractivity contribution in [1.82, 2.24) is 0 Å². The van der Waals surface area contributed by atoms with Gasteiger partial charge in [-0.05, 0) is 41.1 Å². The quantitative estimate of drug-likeness (QED) is 0.343. The molecule has 0 unspecified atom stereocenters. The van der Waals surface area contributed by atoms with Crippen LogP contribution in [-0.4, -0.2) is 5.91 Å². The molecular weight excluding hydrogens is 390 g/mol. The van der Waals surface area contributed by atoms with E-state index in [9.17, 15) is 4.79 Å². The van der Waals surface area contributed by atoms with Crippen LogP contribution in [-0.2, 0) is 11.2 Å². The van der Waals surface area contributed by atoms with Gasteiger partial charge in [0.25, 0.3) is 0 Å². The van der Waals surface area contributed by atoms with E-state index >= 15 is 0 Å². The van der Waals surface area contributed by atoms with E-state index < -0.39 is 0 Å². The Labute approximate surface area is 178 Å². The number of hydrogen-bond acceptors (Lipinski definition) is 3. The van der Waals surface area contributed by atoms with Gasteiger partial charge in [-0.15, -0.1) is 0 Å². The number of benzene rings is 4. The van der Waals surface area contributed by atoms with Crippen molar-refractivity contribution in [3.8, 4) is 0 Å². The van der Waals surface area contributed by atoms with Crippen LogP contribution < -0.4 is 5.32 Å². The maximum absolute atomic E-state index is 12.9. The molecule has 0 aliphatic rings. The molecule has 0 saturated heterocycles. The molecule has 3 nitrogen and oxygen atoms in total. The van der Waals surface area contributed by atoms with Gasteiger partial charge in [-0.1, -0.05) is 72.4 Å². The summed E-state index contributed by atoms with van der Waals surface area (Å²) in [6, 6.07) is 30.2. The summed E-state index contributed by atoms with van der Waals surface area (Å²) in [7, 11) is 0. The van der Waals surface area contributed by atoms with Crippen molar-refractivity contribution < 1.29 is 9.21 Å². The Balaban J connectivity index is 1.41. The van der Waals surface area contributed by atoms with E-state index in [1.54, 1.807) is 18.0 Å². The Hall–Kier alpha value is -3.50. The van der Waals surface area contributed by atoms with Crippen LogP contribution >= 0.6 is 11.8 Å². The fraction of sp³-hybridized carbons (Fsp3) is 0.0385. The Morgan fingerprint density at radius 2 is 1.60 bits per heavy atom. The third-order valence-corrected chi connectivity index (χ3v) is 6.11. The summed E-state index contributed by atoms with van der Waals surface area (Å²) in [5.74, 6) is -0.0632. The van der Waals surface area contributed by atoms with E-state index in [0.29, 0.717) is 0 Å². The summed E-state index contributed by atoms with van der Waals surface area (Å²) in [5, 5.41) is 6.33. The first-order valence-electron chi connectivity index (χ1n) is 9.77. The second-order valence-corrected chi connectivity index (χ2v) is 8.17. The van der Waals surface area contributed by atoms with Gasteiger partial charge in [0.2, 0.25) is 5.91 Å². The second kappa shape index (κ2) is 8.09. The lowest BCUT2D eigenvalue weighted by molar-refractivity contribution is -0.115. The Kier molecular flexibility index (Phi) is 4.99. The van der Waals surface area contributed by atoms with Gasteiger partial charge >= 0.3 is 0 Å². The first-order valence-corrected chi connectivity index (χ1v) is 10.6. The fourth-order valence-electron chi connectivity index (χ4n) is 3.65. The molecule has 0 spiro atoms. The van der Waals surface area contributed by atoms with Crippen LogP contribution in [0.25, 0.3) is 21.7 Å². The van der Waals surface area contributed by atoms with Gasteiger partial charge in [0.15, 0.2) is 0 Å². The van der Waals surface area contributed by atoms with Crippen LogP contribution in [0, 0.1) is 0 Å². The highest BCUT2D eigenvalue weighted by molar-refractivity contribution is 7.99. The molecule has 5 aromatic rings. The van der Waals surface area contributed by atoms with Crippen LogP contribution in [0.1, 0.15) is 5.56 Å². The van der Waals surface area contributed by atoms with E-state index in [2.05, 4.69) is 29.6 Å².